The first kappa shape index (κ1) is 25.2. The number of anilines is 1. The summed E-state index contributed by atoms with van der Waals surface area (Å²) in [4.78, 5) is 29.3. The van der Waals surface area contributed by atoms with Crippen molar-refractivity contribution >= 4 is 23.5 Å². The number of amides is 1. The van der Waals surface area contributed by atoms with Crippen molar-refractivity contribution in [1.82, 2.24) is 19.8 Å². The fourth-order valence-corrected chi connectivity index (χ4v) is 5.07. The largest absolute Gasteiger partial charge is 0.354 e. The van der Waals surface area contributed by atoms with Crippen molar-refractivity contribution in [2.24, 2.45) is 0 Å². The first-order valence-corrected chi connectivity index (χ1v) is 13.4. The van der Waals surface area contributed by atoms with Crippen LogP contribution in [0.5, 0.6) is 0 Å². The van der Waals surface area contributed by atoms with Gasteiger partial charge in [-0.3, -0.25) is 4.79 Å². The van der Waals surface area contributed by atoms with Gasteiger partial charge in [0.25, 0.3) is 5.91 Å². The van der Waals surface area contributed by atoms with Crippen molar-refractivity contribution in [2.45, 2.75) is 37.7 Å². The number of aryl methyl sites for hydroxylation is 1. The van der Waals surface area contributed by atoms with E-state index in [0.29, 0.717) is 12.1 Å². The highest BCUT2D eigenvalue weighted by Gasteiger charge is 2.18. The molecule has 0 atom stereocenters. The summed E-state index contributed by atoms with van der Waals surface area (Å²) < 4.78 is 0. The van der Waals surface area contributed by atoms with Gasteiger partial charge in [-0.05, 0) is 36.2 Å². The third-order valence-corrected chi connectivity index (χ3v) is 7.32. The van der Waals surface area contributed by atoms with Gasteiger partial charge in [0.1, 0.15) is 5.82 Å². The second kappa shape index (κ2) is 12.2. The number of carbonyl (C=O) groups excluding carboxylic acids is 1. The summed E-state index contributed by atoms with van der Waals surface area (Å²) in [5, 5.41) is 0.801. The minimum atomic E-state index is 0.0263. The van der Waals surface area contributed by atoms with Crippen molar-refractivity contribution in [1.29, 1.82) is 0 Å². The molecule has 0 N–H and O–H groups in total. The second-order valence-electron chi connectivity index (χ2n) is 8.91. The molecule has 1 aliphatic rings. The number of carbonyl (C=O) groups is 1. The molecule has 184 valence electrons. The average Bonchev–Trinajstić information content (AvgIpc) is 2.92. The van der Waals surface area contributed by atoms with Crippen molar-refractivity contribution < 1.29 is 4.79 Å². The number of aromatic nitrogens is 2. The molecule has 0 unspecified atom stereocenters. The number of hydrogen-bond donors (Lipinski definition) is 0. The second-order valence-corrected chi connectivity index (χ2v) is 9.85. The predicted octanol–water partition coefficient (Wildman–Crippen LogP) is 4.75. The molecule has 1 fully saturated rings. The molecule has 0 radical (unpaired) electrons. The Morgan fingerprint density at radius 2 is 1.69 bits per heavy atom. The molecule has 7 heteroatoms. The van der Waals surface area contributed by atoms with Crippen LogP contribution in [-0.4, -0.2) is 65.4 Å². The highest BCUT2D eigenvalue weighted by atomic mass is 32.2. The van der Waals surface area contributed by atoms with E-state index in [1.54, 1.807) is 16.7 Å². The molecular formula is C28H35N5OS. The van der Waals surface area contributed by atoms with E-state index >= 15 is 0 Å². The van der Waals surface area contributed by atoms with Gasteiger partial charge in [0.15, 0.2) is 5.16 Å². The van der Waals surface area contributed by atoms with Crippen molar-refractivity contribution in [2.75, 3.05) is 44.7 Å². The maximum Gasteiger partial charge on any atom is 0.253 e. The van der Waals surface area contributed by atoms with Gasteiger partial charge < -0.3 is 14.7 Å². The van der Waals surface area contributed by atoms with Crippen LogP contribution in [0.25, 0.3) is 0 Å². The summed E-state index contributed by atoms with van der Waals surface area (Å²) >= 11 is 1.63. The Bertz CT molecular complexity index is 1120. The van der Waals surface area contributed by atoms with E-state index < -0.39 is 0 Å². The Kier molecular flexibility index (Phi) is 8.77. The first-order valence-electron chi connectivity index (χ1n) is 12.4. The van der Waals surface area contributed by atoms with E-state index in [-0.39, 0.29) is 5.91 Å². The zero-order valence-corrected chi connectivity index (χ0v) is 21.8. The van der Waals surface area contributed by atoms with Gasteiger partial charge in [-0.2, -0.15) is 0 Å². The topological polar surface area (TPSA) is 52.6 Å². The molecule has 2 aromatic carbocycles. The Labute approximate surface area is 213 Å². The molecule has 1 aliphatic heterocycles. The number of rotatable bonds is 9. The van der Waals surface area contributed by atoms with Crippen LogP contribution in [0.4, 0.5) is 5.82 Å². The lowest BCUT2D eigenvalue weighted by Gasteiger charge is -2.34. The summed E-state index contributed by atoms with van der Waals surface area (Å²) in [6, 6.07) is 20.1. The fourth-order valence-electron chi connectivity index (χ4n) is 4.25. The van der Waals surface area contributed by atoms with Gasteiger partial charge in [0, 0.05) is 62.8 Å². The molecular weight excluding hydrogens is 454 g/mol. The molecule has 1 saturated heterocycles. The highest BCUT2D eigenvalue weighted by molar-refractivity contribution is 7.98. The molecule has 1 amide bonds. The minimum absolute atomic E-state index is 0.0263. The number of likely N-dealkylation sites (N-methyl/N-ethyl adjacent to an activating group) is 1. The molecule has 0 saturated carbocycles. The molecule has 0 aliphatic carbocycles. The summed E-state index contributed by atoms with van der Waals surface area (Å²) in [6.45, 7) is 10.2. The van der Waals surface area contributed by atoms with E-state index in [9.17, 15) is 4.79 Å². The van der Waals surface area contributed by atoms with E-state index in [1.165, 1.54) is 0 Å². The monoisotopic (exact) mass is 489 g/mol. The lowest BCUT2D eigenvalue weighted by molar-refractivity contribution is 0.0785. The quantitative estimate of drug-likeness (QED) is 0.320. The number of nitrogens with zero attached hydrogens (tertiary/aromatic N) is 5. The van der Waals surface area contributed by atoms with Gasteiger partial charge in [-0.25, -0.2) is 9.97 Å². The Morgan fingerprint density at radius 3 is 2.40 bits per heavy atom. The van der Waals surface area contributed by atoms with Crippen LogP contribution in [0.1, 0.15) is 41.0 Å². The third-order valence-electron chi connectivity index (χ3n) is 6.40. The average molecular weight is 490 g/mol. The predicted molar refractivity (Wildman–Crippen MR) is 144 cm³/mol. The van der Waals surface area contributed by atoms with Crippen LogP contribution in [0.2, 0.25) is 0 Å². The van der Waals surface area contributed by atoms with Gasteiger partial charge in [-0.1, -0.05) is 68.1 Å². The molecule has 4 rings (SSSR count). The number of piperazine rings is 1. The normalized spacial score (nSPS) is 14.2. The van der Waals surface area contributed by atoms with Gasteiger partial charge in [-0.15, -0.1) is 0 Å². The number of benzene rings is 2. The molecule has 3 aromatic rings. The van der Waals surface area contributed by atoms with Crippen LogP contribution in [0, 0.1) is 0 Å². The van der Waals surface area contributed by atoms with E-state index in [2.05, 4.69) is 35.8 Å². The Morgan fingerprint density at radius 1 is 0.943 bits per heavy atom. The van der Waals surface area contributed by atoms with Gasteiger partial charge >= 0.3 is 0 Å². The highest BCUT2D eigenvalue weighted by Crippen LogP contribution is 2.24. The van der Waals surface area contributed by atoms with Crippen LogP contribution in [0.15, 0.2) is 65.8 Å². The smallest absolute Gasteiger partial charge is 0.253 e. The Balaban J connectivity index is 1.41. The standard InChI is InChI=1S/C28H35N5OS/c1-4-25-19-26(33-16-14-32(5-2)15-17-33)30-28(29-25)35-21-23-12-9-13-24(18-23)27(34)31(3)20-22-10-7-6-8-11-22/h6-13,18-19H,4-5,14-17,20-21H2,1-3H3. The van der Waals surface area contributed by atoms with Gasteiger partial charge in [0.2, 0.25) is 0 Å². The van der Waals surface area contributed by atoms with Crippen molar-refractivity contribution in [3.63, 3.8) is 0 Å². The molecule has 0 bridgehead atoms. The van der Waals surface area contributed by atoms with Gasteiger partial charge in [0.05, 0.1) is 0 Å². The third kappa shape index (κ3) is 6.83. The van der Waals surface area contributed by atoms with Crippen LogP contribution in [-0.2, 0) is 18.7 Å². The van der Waals surface area contributed by atoms with Crippen LogP contribution < -0.4 is 4.90 Å². The van der Waals surface area contributed by atoms with Crippen LogP contribution in [0.3, 0.4) is 0 Å². The summed E-state index contributed by atoms with van der Waals surface area (Å²) in [5.74, 6) is 1.78. The summed E-state index contributed by atoms with van der Waals surface area (Å²) in [7, 11) is 1.85. The maximum atomic E-state index is 13.0. The molecule has 0 spiro atoms. The lowest BCUT2D eigenvalue weighted by atomic mass is 10.1. The van der Waals surface area contributed by atoms with Crippen molar-refractivity contribution in [3.8, 4) is 0 Å². The molecule has 6 nitrogen and oxygen atoms in total. The lowest BCUT2D eigenvalue weighted by Crippen LogP contribution is -2.46. The van der Waals surface area contributed by atoms with Crippen LogP contribution >= 0.6 is 11.8 Å². The zero-order chi connectivity index (χ0) is 24.6. The van der Waals surface area contributed by atoms with E-state index in [1.807, 2.05) is 55.6 Å². The molecule has 1 aromatic heterocycles. The Hall–Kier alpha value is -2.90. The minimum Gasteiger partial charge on any atom is -0.354 e. The fraction of sp³-hybridized carbons (Fsp3) is 0.393. The summed E-state index contributed by atoms with van der Waals surface area (Å²) in [5.41, 5.74) is 3.99. The molecule has 35 heavy (non-hydrogen) atoms. The SMILES string of the molecule is CCc1cc(N2CCN(CC)CC2)nc(SCc2cccc(C(=O)N(C)Cc3ccccc3)c2)n1. The van der Waals surface area contributed by atoms with E-state index in [0.717, 1.165) is 72.7 Å². The number of hydrogen-bond acceptors (Lipinski definition) is 6. The van der Waals surface area contributed by atoms with E-state index in [4.69, 9.17) is 9.97 Å². The zero-order valence-electron chi connectivity index (χ0n) is 21.0. The molecule has 2 heterocycles. The first-order chi connectivity index (χ1) is 17.1. The number of thioether (sulfide) groups is 1. The maximum absolute atomic E-state index is 13.0. The van der Waals surface area contributed by atoms with Crippen molar-refractivity contribution in [3.05, 3.63) is 83.0 Å². The summed E-state index contributed by atoms with van der Waals surface area (Å²) in [6.07, 6.45) is 0.885.